The Kier molecular flexibility index (Phi) is 3.65. The van der Waals surface area contributed by atoms with Gasteiger partial charge in [0.25, 0.3) is 0 Å². The zero-order valence-electron chi connectivity index (χ0n) is 14.9. The monoisotopic (exact) mass is 343 g/mol. The average Bonchev–Trinajstić information content (AvgIpc) is 2.81. The summed E-state index contributed by atoms with van der Waals surface area (Å²) in [5, 5.41) is 3.18. The number of esters is 2. The van der Waals surface area contributed by atoms with Crippen molar-refractivity contribution in [3.63, 3.8) is 0 Å². The van der Waals surface area contributed by atoms with Gasteiger partial charge in [0.05, 0.1) is 18.2 Å². The van der Waals surface area contributed by atoms with E-state index >= 15 is 0 Å². The number of methoxy groups -OCH3 is 1. The molecular weight excluding hydrogens is 322 g/mol. The topological polar surface area (TPSA) is 81.7 Å². The van der Waals surface area contributed by atoms with E-state index in [1.807, 2.05) is 0 Å². The van der Waals surface area contributed by atoms with E-state index in [9.17, 15) is 14.4 Å². The van der Waals surface area contributed by atoms with Crippen LogP contribution >= 0.6 is 0 Å². The Balaban J connectivity index is 2.32. The molecule has 1 N–H and O–H groups in total. The summed E-state index contributed by atoms with van der Waals surface area (Å²) < 4.78 is 10.5. The van der Waals surface area contributed by atoms with Gasteiger partial charge in [-0.2, -0.15) is 0 Å². The van der Waals surface area contributed by atoms with E-state index in [0.717, 1.165) is 0 Å². The Morgan fingerprint density at radius 2 is 1.64 bits per heavy atom. The number of carbonyl (C=O) groups is 3. The molecule has 2 bridgehead atoms. The summed E-state index contributed by atoms with van der Waals surface area (Å²) in [6.07, 6.45) is 0. The van der Waals surface area contributed by atoms with Crippen LogP contribution in [0.2, 0.25) is 0 Å². The van der Waals surface area contributed by atoms with E-state index in [-0.39, 0.29) is 11.1 Å². The summed E-state index contributed by atoms with van der Waals surface area (Å²) in [7, 11) is 1.25. The van der Waals surface area contributed by atoms with Crippen molar-refractivity contribution >= 4 is 17.7 Å². The van der Waals surface area contributed by atoms with E-state index in [4.69, 9.17) is 9.47 Å². The fourth-order valence-electron chi connectivity index (χ4n) is 3.65. The van der Waals surface area contributed by atoms with Gasteiger partial charge in [-0.1, -0.05) is 30.3 Å². The highest BCUT2D eigenvalue weighted by atomic mass is 16.6. The molecule has 0 saturated carbocycles. The van der Waals surface area contributed by atoms with Gasteiger partial charge in [0, 0.05) is 11.1 Å². The van der Waals surface area contributed by atoms with E-state index in [2.05, 4.69) is 5.32 Å². The lowest BCUT2D eigenvalue weighted by molar-refractivity contribution is -0.180. The Labute approximate surface area is 146 Å². The molecule has 1 aromatic carbocycles. The first-order valence-electron chi connectivity index (χ1n) is 8.04. The summed E-state index contributed by atoms with van der Waals surface area (Å²) in [5.41, 5.74) is -2.88. The number of fused-ring (bicyclic) bond motifs is 2. The van der Waals surface area contributed by atoms with Crippen molar-refractivity contribution < 1.29 is 23.9 Å². The van der Waals surface area contributed by atoms with Gasteiger partial charge in [-0.05, 0) is 27.7 Å². The first-order chi connectivity index (χ1) is 11.6. The van der Waals surface area contributed by atoms with Crippen LogP contribution in [0.1, 0.15) is 38.1 Å². The molecule has 6 heteroatoms. The second-order valence-electron chi connectivity index (χ2n) is 7.21. The number of cyclic esters (lactones) is 1. The molecule has 0 aliphatic carbocycles. The number of Topliss-reactive ketones (excluding diaryl/α,β-unsaturated/α-hetero) is 1. The Morgan fingerprint density at radius 3 is 2.20 bits per heavy atom. The molecule has 2 unspecified atom stereocenters. The van der Waals surface area contributed by atoms with Crippen LogP contribution < -0.4 is 5.32 Å². The predicted octanol–water partition coefficient (Wildman–Crippen LogP) is 1.79. The normalized spacial score (nSPS) is 30.0. The lowest BCUT2D eigenvalue weighted by Crippen LogP contribution is -2.71. The van der Waals surface area contributed by atoms with E-state index in [1.165, 1.54) is 7.11 Å². The van der Waals surface area contributed by atoms with Gasteiger partial charge in [0.2, 0.25) is 0 Å². The maximum atomic E-state index is 13.2. The van der Waals surface area contributed by atoms with Crippen LogP contribution in [0.4, 0.5) is 0 Å². The number of benzene rings is 1. The van der Waals surface area contributed by atoms with Crippen molar-refractivity contribution in [2.75, 3.05) is 7.11 Å². The maximum Gasteiger partial charge on any atom is 0.336 e. The van der Waals surface area contributed by atoms with Crippen LogP contribution in [0.3, 0.4) is 0 Å². The third-order valence-corrected chi connectivity index (χ3v) is 5.36. The number of morpholine rings is 1. The molecule has 0 aromatic heterocycles. The minimum atomic E-state index is -1.42. The first-order valence-corrected chi connectivity index (χ1v) is 8.04. The van der Waals surface area contributed by atoms with Crippen LogP contribution in [0.25, 0.3) is 0 Å². The molecule has 2 atom stereocenters. The predicted molar refractivity (Wildman–Crippen MR) is 89.9 cm³/mol. The van der Waals surface area contributed by atoms with Gasteiger partial charge >= 0.3 is 11.9 Å². The number of ether oxygens (including phenoxy) is 2. The van der Waals surface area contributed by atoms with E-state index < -0.39 is 34.4 Å². The van der Waals surface area contributed by atoms with Crippen LogP contribution in [0, 0.1) is 0 Å². The van der Waals surface area contributed by atoms with Crippen molar-refractivity contribution in [3.05, 3.63) is 47.0 Å². The van der Waals surface area contributed by atoms with Crippen LogP contribution in [0.15, 0.2) is 41.5 Å². The van der Waals surface area contributed by atoms with Gasteiger partial charge in [-0.3, -0.25) is 10.1 Å². The van der Waals surface area contributed by atoms with Crippen molar-refractivity contribution in [2.24, 2.45) is 0 Å². The zero-order chi connectivity index (χ0) is 18.6. The van der Waals surface area contributed by atoms with Crippen molar-refractivity contribution in [1.29, 1.82) is 0 Å². The lowest BCUT2D eigenvalue weighted by Gasteiger charge is -2.48. The maximum absolute atomic E-state index is 13.2. The Morgan fingerprint density at radius 1 is 1.04 bits per heavy atom. The smallest absolute Gasteiger partial charge is 0.336 e. The molecule has 1 fully saturated rings. The van der Waals surface area contributed by atoms with Crippen molar-refractivity contribution in [1.82, 2.24) is 5.32 Å². The summed E-state index contributed by atoms with van der Waals surface area (Å²) in [4.78, 5) is 38.5. The van der Waals surface area contributed by atoms with E-state index in [0.29, 0.717) is 5.56 Å². The Bertz CT molecular complexity index is 810. The molecule has 25 heavy (non-hydrogen) atoms. The summed E-state index contributed by atoms with van der Waals surface area (Å²) in [5.74, 6) is -1.63. The molecule has 3 rings (SSSR count). The standard InChI is InChI=1S/C19H21NO5/c1-17(2)19(4)13(15(22)24-5)12(18(3,20-19)16(23)25-17)14(21)11-9-7-6-8-10-11/h6-10,20H,1-5H3. The van der Waals surface area contributed by atoms with Crippen LogP contribution in [-0.4, -0.2) is 41.5 Å². The lowest BCUT2D eigenvalue weighted by atomic mass is 9.77. The number of carbonyl (C=O) groups excluding carboxylic acids is 3. The van der Waals surface area contributed by atoms with Gasteiger partial charge in [0.15, 0.2) is 5.78 Å². The highest BCUT2D eigenvalue weighted by molar-refractivity contribution is 6.20. The summed E-state index contributed by atoms with van der Waals surface area (Å²) in [6.45, 7) is 6.72. The largest absolute Gasteiger partial charge is 0.466 e. The minimum Gasteiger partial charge on any atom is -0.466 e. The van der Waals surface area contributed by atoms with Crippen LogP contribution in [-0.2, 0) is 19.1 Å². The molecule has 0 radical (unpaired) electrons. The summed E-state index contributed by atoms with van der Waals surface area (Å²) in [6, 6.07) is 8.54. The molecule has 2 heterocycles. The van der Waals surface area contributed by atoms with Crippen molar-refractivity contribution in [2.45, 2.75) is 44.4 Å². The molecule has 2 aliphatic rings. The second kappa shape index (κ2) is 5.26. The molecule has 2 aliphatic heterocycles. The SMILES string of the molecule is COC(=O)C1=C(C(=O)c2ccccc2)C2(C)NC1(C)C(C)(C)OC2=O. The molecule has 0 spiro atoms. The number of hydrogen-bond acceptors (Lipinski definition) is 6. The van der Waals surface area contributed by atoms with Gasteiger partial charge in [-0.25, -0.2) is 9.59 Å². The first kappa shape index (κ1) is 17.4. The van der Waals surface area contributed by atoms with E-state index in [1.54, 1.807) is 58.0 Å². The molecule has 132 valence electrons. The van der Waals surface area contributed by atoms with Gasteiger partial charge in [-0.15, -0.1) is 0 Å². The highest BCUT2D eigenvalue weighted by Gasteiger charge is 2.68. The molecule has 1 saturated heterocycles. The van der Waals surface area contributed by atoms with Gasteiger partial charge < -0.3 is 9.47 Å². The third kappa shape index (κ3) is 2.17. The number of hydrogen-bond donors (Lipinski definition) is 1. The number of nitrogens with one attached hydrogen (secondary N) is 1. The minimum absolute atomic E-state index is 0.0867. The quantitative estimate of drug-likeness (QED) is 0.666. The fourth-order valence-corrected chi connectivity index (χ4v) is 3.65. The molecule has 6 nitrogen and oxygen atoms in total. The third-order valence-electron chi connectivity index (χ3n) is 5.36. The second-order valence-corrected chi connectivity index (χ2v) is 7.21. The van der Waals surface area contributed by atoms with Gasteiger partial charge in [0.1, 0.15) is 11.1 Å². The molecule has 0 amide bonds. The van der Waals surface area contributed by atoms with Crippen molar-refractivity contribution in [3.8, 4) is 0 Å². The molecular formula is C19H21NO5. The van der Waals surface area contributed by atoms with Crippen LogP contribution in [0.5, 0.6) is 0 Å². The summed E-state index contributed by atoms with van der Waals surface area (Å²) >= 11 is 0. The highest BCUT2D eigenvalue weighted by Crippen LogP contribution is 2.50. The Hall–Kier alpha value is -2.47. The average molecular weight is 343 g/mol. The fraction of sp³-hybridized carbons (Fsp3) is 0.421. The number of ketones is 1. The zero-order valence-corrected chi connectivity index (χ0v) is 14.9. The molecule has 1 aromatic rings. The number of rotatable bonds is 3.